The highest BCUT2D eigenvalue weighted by molar-refractivity contribution is 6.30. The molecule has 0 radical (unpaired) electrons. The Bertz CT molecular complexity index is 510. The van der Waals surface area contributed by atoms with Crippen LogP contribution in [0.1, 0.15) is 18.0 Å². The SMILES string of the molecule is NC(CCO)c1cccc(-c2ccc(Cl)cc2)c1. The van der Waals surface area contributed by atoms with Crippen LogP contribution in [0.15, 0.2) is 48.5 Å². The van der Waals surface area contributed by atoms with E-state index in [1.807, 2.05) is 42.5 Å². The van der Waals surface area contributed by atoms with Crippen LogP contribution in [0.4, 0.5) is 0 Å². The maximum absolute atomic E-state index is 8.92. The molecule has 0 aliphatic rings. The average molecular weight is 262 g/mol. The predicted molar refractivity (Wildman–Crippen MR) is 75.5 cm³/mol. The van der Waals surface area contributed by atoms with Crippen LogP contribution in [0.25, 0.3) is 11.1 Å². The molecule has 0 heterocycles. The van der Waals surface area contributed by atoms with Crippen molar-refractivity contribution in [2.75, 3.05) is 6.61 Å². The molecule has 2 aromatic rings. The van der Waals surface area contributed by atoms with Gasteiger partial charge in [0, 0.05) is 17.7 Å². The first kappa shape index (κ1) is 13.1. The molecule has 1 unspecified atom stereocenters. The molecular formula is C15H16ClNO. The van der Waals surface area contributed by atoms with Gasteiger partial charge in [0.15, 0.2) is 0 Å². The normalized spacial score (nSPS) is 12.4. The summed E-state index contributed by atoms with van der Waals surface area (Å²) in [5, 5.41) is 9.65. The third kappa shape index (κ3) is 3.10. The second kappa shape index (κ2) is 6.01. The van der Waals surface area contributed by atoms with Gasteiger partial charge in [0.25, 0.3) is 0 Å². The van der Waals surface area contributed by atoms with Crippen LogP contribution >= 0.6 is 11.6 Å². The summed E-state index contributed by atoms with van der Waals surface area (Å²) in [6, 6.07) is 15.7. The molecule has 0 aliphatic carbocycles. The lowest BCUT2D eigenvalue weighted by atomic mass is 9.98. The molecule has 0 saturated carbocycles. The Morgan fingerprint density at radius 2 is 1.78 bits per heavy atom. The fraction of sp³-hybridized carbons (Fsp3) is 0.200. The van der Waals surface area contributed by atoms with Gasteiger partial charge in [-0.1, -0.05) is 41.9 Å². The molecule has 2 nitrogen and oxygen atoms in total. The second-order valence-electron chi connectivity index (χ2n) is 4.25. The summed E-state index contributed by atoms with van der Waals surface area (Å²) in [7, 11) is 0. The van der Waals surface area contributed by atoms with Crippen molar-refractivity contribution in [3.8, 4) is 11.1 Å². The number of halogens is 1. The molecule has 3 heteroatoms. The minimum Gasteiger partial charge on any atom is -0.396 e. The van der Waals surface area contributed by atoms with Crippen molar-refractivity contribution >= 4 is 11.6 Å². The summed E-state index contributed by atoms with van der Waals surface area (Å²) in [6.07, 6.45) is 0.573. The van der Waals surface area contributed by atoms with Gasteiger partial charge >= 0.3 is 0 Å². The van der Waals surface area contributed by atoms with E-state index in [0.717, 1.165) is 21.7 Å². The number of hydrogen-bond donors (Lipinski definition) is 2. The number of benzene rings is 2. The monoisotopic (exact) mass is 261 g/mol. The third-order valence-corrected chi connectivity index (χ3v) is 3.18. The van der Waals surface area contributed by atoms with Crippen LogP contribution in [0.3, 0.4) is 0 Å². The minimum atomic E-state index is -0.123. The molecule has 3 N–H and O–H groups in total. The molecule has 94 valence electrons. The average Bonchev–Trinajstić information content (AvgIpc) is 2.40. The quantitative estimate of drug-likeness (QED) is 0.886. The van der Waals surface area contributed by atoms with Crippen molar-refractivity contribution in [3.63, 3.8) is 0 Å². The van der Waals surface area contributed by atoms with E-state index in [1.165, 1.54) is 0 Å². The Morgan fingerprint density at radius 3 is 2.44 bits per heavy atom. The maximum atomic E-state index is 8.92. The fourth-order valence-corrected chi connectivity index (χ4v) is 2.02. The summed E-state index contributed by atoms with van der Waals surface area (Å²) < 4.78 is 0. The van der Waals surface area contributed by atoms with Crippen LogP contribution in [-0.2, 0) is 0 Å². The Kier molecular flexibility index (Phi) is 4.37. The van der Waals surface area contributed by atoms with Gasteiger partial charge in [-0.25, -0.2) is 0 Å². The Labute approximate surface area is 112 Å². The minimum absolute atomic E-state index is 0.104. The lowest BCUT2D eigenvalue weighted by Crippen LogP contribution is -2.11. The van der Waals surface area contributed by atoms with Crippen molar-refractivity contribution < 1.29 is 5.11 Å². The molecule has 2 rings (SSSR count). The van der Waals surface area contributed by atoms with Gasteiger partial charge in [0.1, 0.15) is 0 Å². The van der Waals surface area contributed by atoms with Crippen molar-refractivity contribution in [3.05, 3.63) is 59.1 Å². The summed E-state index contributed by atoms with van der Waals surface area (Å²) in [5.74, 6) is 0. The number of nitrogens with two attached hydrogens (primary N) is 1. The smallest absolute Gasteiger partial charge is 0.0449 e. The van der Waals surface area contributed by atoms with Crippen LogP contribution in [0, 0.1) is 0 Å². The fourth-order valence-electron chi connectivity index (χ4n) is 1.90. The zero-order chi connectivity index (χ0) is 13.0. The lowest BCUT2D eigenvalue weighted by molar-refractivity contribution is 0.276. The first-order chi connectivity index (χ1) is 8.70. The molecule has 0 bridgehead atoms. The topological polar surface area (TPSA) is 46.2 Å². The standard InChI is InChI=1S/C15H16ClNO/c16-14-6-4-11(5-7-14)12-2-1-3-13(10-12)15(17)8-9-18/h1-7,10,15,18H,8-9,17H2. The van der Waals surface area contributed by atoms with Gasteiger partial charge in [0.2, 0.25) is 0 Å². The Morgan fingerprint density at radius 1 is 1.06 bits per heavy atom. The van der Waals surface area contributed by atoms with Crippen LogP contribution in [0.2, 0.25) is 5.02 Å². The number of hydrogen-bond acceptors (Lipinski definition) is 2. The van der Waals surface area contributed by atoms with Gasteiger partial charge < -0.3 is 10.8 Å². The van der Waals surface area contributed by atoms with E-state index in [1.54, 1.807) is 0 Å². The molecule has 0 saturated heterocycles. The molecule has 0 aromatic heterocycles. The van der Waals surface area contributed by atoms with Crippen molar-refractivity contribution in [1.82, 2.24) is 0 Å². The number of aliphatic hydroxyl groups is 1. The lowest BCUT2D eigenvalue weighted by Gasteiger charge is -2.12. The molecule has 0 aliphatic heterocycles. The van der Waals surface area contributed by atoms with Crippen LogP contribution in [-0.4, -0.2) is 11.7 Å². The first-order valence-electron chi connectivity index (χ1n) is 5.93. The predicted octanol–water partition coefficient (Wildman–Crippen LogP) is 3.39. The van der Waals surface area contributed by atoms with E-state index in [0.29, 0.717) is 6.42 Å². The van der Waals surface area contributed by atoms with E-state index < -0.39 is 0 Å². The third-order valence-electron chi connectivity index (χ3n) is 2.93. The first-order valence-corrected chi connectivity index (χ1v) is 6.31. The van der Waals surface area contributed by atoms with Crippen LogP contribution in [0.5, 0.6) is 0 Å². The highest BCUT2D eigenvalue weighted by Gasteiger charge is 2.06. The highest BCUT2D eigenvalue weighted by atomic mass is 35.5. The molecule has 18 heavy (non-hydrogen) atoms. The molecule has 0 spiro atoms. The van der Waals surface area contributed by atoms with Gasteiger partial charge in [-0.2, -0.15) is 0 Å². The van der Waals surface area contributed by atoms with E-state index in [-0.39, 0.29) is 12.6 Å². The van der Waals surface area contributed by atoms with Gasteiger partial charge in [-0.3, -0.25) is 0 Å². The molecular weight excluding hydrogens is 246 g/mol. The summed E-state index contributed by atoms with van der Waals surface area (Å²) in [4.78, 5) is 0. The maximum Gasteiger partial charge on any atom is 0.0449 e. The molecule has 0 amide bonds. The molecule has 0 fully saturated rings. The highest BCUT2D eigenvalue weighted by Crippen LogP contribution is 2.24. The zero-order valence-corrected chi connectivity index (χ0v) is 10.8. The Balaban J connectivity index is 2.29. The number of rotatable bonds is 4. The zero-order valence-electron chi connectivity index (χ0n) is 10.0. The molecule has 1 atom stereocenters. The van der Waals surface area contributed by atoms with Crippen molar-refractivity contribution in [2.45, 2.75) is 12.5 Å². The van der Waals surface area contributed by atoms with Crippen molar-refractivity contribution in [1.29, 1.82) is 0 Å². The van der Waals surface area contributed by atoms with Gasteiger partial charge in [-0.15, -0.1) is 0 Å². The van der Waals surface area contributed by atoms with Crippen LogP contribution < -0.4 is 5.73 Å². The molecule has 2 aromatic carbocycles. The summed E-state index contributed by atoms with van der Waals surface area (Å²) in [6.45, 7) is 0.104. The van der Waals surface area contributed by atoms with Gasteiger partial charge in [-0.05, 0) is 41.3 Å². The van der Waals surface area contributed by atoms with E-state index in [4.69, 9.17) is 22.4 Å². The number of aliphatic hydroxyl groups excluding tert-OH is 1. The second-order valence-corrected chi connectivity index (χ2v) is 4.69. The summed E-state index contributed by atoms with van der Waals surface area (Å²) in [5.41, 5.74) is 9.25. The van der Waals surface area contributed by atoms with E-state index in [2.05, 4.69) is 6.07 Å². The van der Waals surface area contributed by atoms with E-state index in [9.17, 15) is 0 Å². The Hall–Kier alpha value is -1.35. The van der Waals surface area contributed by atoms with Crippen molar-refractivity contribution in [2.24, 2.45) is 5.73 Å². The largest absolute Gasteiger partial charge is 0.396 e. The van der Waals surface area contributed by atoms with Gasteiger partial charge in [0.05, 0.1) is 0 Å². The van der Waals surface area contributed by atoms with E-state index >= 15 is 0 Å². The summed E-state index contributed by atoms with van der Waals surface area (Å²) >= 11 is 5.87.